The number of methoxy groups -OCH3 is 1. The molecule has 2 aromatic carbocycles. The molecule has 0 spiro atoms. The predicted molar refractivity (Wildman–Crippen MR) is 101 cm³/mol. The number of nitrogens with one attached hydrogen (secondary N) is 1. The van der Waals surface area contributed by atoms with Gasteiger partial charge >= 0.3 is 0 Å². The van der Waals surface area contributed by atoms with Crippen molar-refractivity contribution < 1.29 is 19.0 Å². The minimum Gasteiger partial charge on any atom is -0.497 e. The molecule has 1 aliphatic heterocycles. The summed E-state index contributed by atoms with van der Waals surface area (Å²) >= 11 is 0. The van der Waals surface area contributed by atoms with Gasteiger partial charge in [0, 0.05) is 23.9 Å². The molecule has 3 aromatic rings. The van der Waals surface area contributed by atoms with E-state index in [9.17, 15) is 4.79 Å². The number of nitrogens with zero attached hydrogens (tertiary/aromatic N) is 4. The SMILES string of the molecule is COc1ccc(-n2nnnc2/C=C/Nc2cc3c(cc2C(C)=O)OCO3)cc1. The third kappa shape index (κ3) is 3.37. The Hall–Kier alpha value is -3.88. The summed E-state index contributed by atoms with van der Waals surface area (Å²) in [7, 11) is 1.61. The fourth-order valence-electron chi connectivity index (χ4n) is 2.76. The van der Waals surface area contributed by atoms with Gasteiger partial charge in [-0.15, -0.1) is 5.10 Å². The van der Waals surface area contributed by atoms with Crippen LogP contribution in [0.4, 0.5) is 5.69 Å². The van der Waals surface area contributed by atoms with Crippen LogP contribution in [0.3, 0.4) is 0 Å². The maximum absolute atomic E-state index is 11.9. The Morgan fingerprint density at radius 2 is 1.96 bits per heavy atom. The normalized spacial score (nSPS) is 12.4. The predicted octanol–water partition coefficient (Wildman–Crippen LogP) is 2.69. The summed E-state index contributed by atoms with van der Waals surface area (Å²) < 4.78 is 17.5. The van der Waals surface area contributed by atoms with Gasteiger partial charge in [-0.05, 0) is 47.7 Å². The van der Waals surface area contributed by atoms with Crippen LogP contribution in [0.25, 0.3) is 11.8 Å². The van der Waals surface area contributed by atoms with Crippen LogP contribution in [0, 0.1) is 0 Å². The molecule has 28 heavy (non-hydrogen) atoms. The number of ketones is 1. The number of hydrogen-bond donors (Lipinski definition) is 1. The fraction of sp³-hybridized carbons (Fsp3) is 0.158. The van der Waals surface area contributed by atoms with Gasteiger partial charge in [-0.3, -0.25) is 4.79 Å². The molecule has 1 N–H and O–H groups in total. The van der Waals surface area contributed by atoms with Crippen LogP contribution >= 0.6 is 0 Å². The molecule has 0 radical (unpaired) electrons. The van der Waals surface area contributed by atoms with Crippen LogP contribution in [0.15, 0.2) is 42.6 Å². The topological polar surface area (TPSA) is 100 Å². The van der Waals surface area contributed by atoms with Crippen molar-refractivity contribution in [3.05, 3.63) is 54.0 Å². The van der Waals surface area contributed by atoms with Crippen molar-refractivity contribution in [1.29, 1.82) is 0 Å². The zero-order valence-electron chi connectivity index (χ0n) is 15.2. The first-order chi connectivity index (χ1) is 13.7. The Morgan fingerprint density at radius 3 is 2.68 bits per heavy atom. The summed E-state index contributed by atoms with van der Waals surface area (Å²) in [5.41, 5.74) is 1.90. The van der Waals surface area contributed by atoms with Crippen LogP contribution < -0.4 is 19.5 Å². The molecule has 0 unspecified atom stereocenters. The molecule has 0 atom stereocenters. The molecular formula is C19H17N5O4. The van der Waals surface area contributed by atoms with Crippen molar-refractivity contribution in [1.82, 2.24) is 20.2 Å². The molecule has 0 saturated heterocycles. The van der Waals surface area contributed by atoms with E-state index in [-0.39, 0.29) is 12.6 Å². The highest BCUT2D eigenvalue weighted by molar-refractivity contribution is 6.00. The highest BCUT2D eigenvalue weighted by atomic mass is 16.7. The molecule has 1 aromatic heterocycles. The van der Waals surface area contributed by atoms with Crippen molar-refractivity contribution in [2.24, 2.45) is 0 Å². The lowest BCUT2D eigenvalue weighted by Crippen LogP contribution is -2.01. The largest absolute Gasteiger partial charge is 0.497 e. The van der Waals surface area contributed by atoms with Crippen LogP contribution in [-0.4, -0.2) is 39.9 Å². The second-order valence-corrected chi connectivity index (χ2v) is 5.93. The van der Waals surface area contributed by atoms with E-state index in [4.69, 9.17) is 14.2 Å². The molecule has 2 heterocycles. The third-order valence-corrected chi connectivity index (χ3v) is 4.17. The lowest BCUT2D eigenvalue weighted by atomic mass is 10.1. The van der Waals surface area contributed by atoms with Crippen molar-refractivity contribution in [2.45, 2.75) is 6.92 Å². The minimum absolute atomic E-state index is 0.0859. The van der Waals surface area contributed by atoms with E-state index >= 15 is 0 Å². The Morgan fingerprint density at radius 1 is 1.21 bits per heavy atom. The van der Waals surface area contributed by atoms with Crippen LogP contribution in [0.2, 0.25) is 0 Å². The average molecular weight is 379 g/mol. The third-order valence-electron chi connectivity index (χ3n) is 4.17. The van der Waals surface area contributed by atoms with E-state index in [1.165, 1.54) is 6.92 Å². The van der Waals surface area contributed by atoms with Crippen molar-refractivity contribution in [2.75, 3.05) is 19.2 Å². The van der Waals surface area contributed by atoms with Gasteiger partial charge in [0.25, 0.3) is 0 Å². The molecule has 142 valence electrons. The van der Waals surface area contributed by atoms with E-state index < -0.39 is 0 Å². The summed E-state index contributed by atoms with van der Waals surface area (Å²) in [5.74, 6) is 2.32. The number of aromatic nitrogens is 4. The number of Topliss-reactive ketones (excluding diaryl/α,β-unsaturated/α-hetero) is 1. The second kappa shape index (κ2) is 7.39. The van der Waals surface area contributed by atoms with Crippen molar-refractivity contribution >= 4 is 17.5 Å². The first-order valence-electron chi connectivity index (χ1n) is 8.46. The Labute approximate surface area is 160 Å². The summed E-state index contributed by atoms with van der Waals surface area (Å²) in [6.07, 6.45) is 3.37. The zero-order chi connectivity index (χ0) is 19.5. The maximum Gasteiger partial charge on any atom is 0.231 e. The first kappa shape index (κ1) is 17.5. The Bertz CT molecular complexity index is 1040. The Balaban J connectivity index is 1.57. The number of fused-ring (bicyclic) bond motifs is 1. The molecule has 0 bridgehead atoms. The summed E-state index contributed by atoms with van der Waals surface area (Å²) in [6, 6.07) is 10.8. The maximum atomic E-state index is 11.9. The summed E-state index contributed by atoms with van der Waals surface area (Å²) in [4.78, 5) is 11.9. The molecule has 9 nitrogen and oxygen atoms in total. The average Bonchev–Trinajstić information content (AvgIpc) is 3.36. The van der Waals surface area contributed by atoms with Crippen molar-refractivity contribution in [3.8, 4) is 22.9 Å². The number of anilines is 1. The molecule has 0 amide bonds. The number of benzene rings is 2. The van der Waals surface area contributed by atoms with Gasteiger partial charge in [0.2, 0.25) is 6.79 Å². The van der Waals surface area contributed by atoms with E-state index in [2.05, 4.69) is 20.8 Å². The molecule has 0 saturated carbocycles. The summed E-state index contributed by atoms with van der Waals surface area (Å²) in [5, 5.41) is 14.8. The van der Waals surface area contributed by atoms with Gasteiger partial charge < -0.3 is 19.5 Å². The molecule has 4 rings (SSSR count). The Kier molecular flexibility index (Phi) is 4.63. The number of hydrogen-bond acceptors (Lipinski definition) is 8. The quantitative estimate of drug-likeness (QED) is 0.653. The van der Waals surface area contributed by atoms with Gasteiger partial charge in [-0.2, -0.15) is 4.68 Å². The first-order valence-corrected chi connectivity index (χ1v) is 8.46. The number of carbonyl (C=O) groups is 1. The van der Waals surface area contributed by atoms with Crippen LogP contribution in [-0.2, 0) is 0 Å². The van der Waals surface area contributed by atoms with E-state index in [0.29, 0.717) is 28.6 Å². The van der Waals surface area contributed by atoms with Gasteiger partial charge in [0.15, 0.2) is 23.1 Å². The second-order valence-electron chi connectivity index (χ2n) is 5.93. The molecule has 9 heteroatoms. The van der Waals surface area contributed by atoms with E-state index in [0.717, 1.165) is 11.4 Å². The van der Waals surface area contributed by atoms with Gasteiger partial charge in [-0.1, -0.05) is 0 Å². The van der Waals surface area contributed by atoms with E-state index in [1.54, 1.807) is 36.2 Å². The number of ether oxygens (including phenoxy) is 3. The van der Waals surface area contributed by atoms with Crippen molar-refractivity contribution in [3.63, 3.8) is 0 Å². The number of carbonyl (C=O) groups excluding carboxylic acids is 1. The van der Waals surface area contributed by atoms with Gasteiger partial charge in [0.05, 0.1) is 18.5 Å². The van der Waals surface area contributed by atoms with Gasteiger partial charge in [0.1, 0.15) is 5.75 Å². The molecule has 0 aliphatic carbocycles. The number of rotatable bonds is 6. The van der Waals surface area contributed by atoms with Crippen LogP contribution in [0.1, 0.15) is 23.1 Å². The van der Waals surface area contributed by atoms with Gasteiger partial charge in [-0.25, -0.2) is 0 Å². The highest BCUT2D eigenvalue weighted by Crippen LogP contribution is 2.37. The fourth-order valence-corrected chi connectivity index (χ4v) is 2.76. The lowest BCUT2D eigenvalue weighted by Gasteiger charge is -2.08. The van der Waals surface area contributed by atoms with Crippen LogP contribution in [0.5, 0.6) is 17.2 Å². The molecule has 0 fully saturated rings. The summed E-state index contributed by atoms with van der Waals surface area (Å²) in [6.45, 7) is 1.64. The lowest BCUT2D eigenvalue weighted by molar-refractivity contribution is 0.101. The monoisotopic (exact) mass is 379 g/mol. The number of tetrazole rings is 1. The smallest absolute Gasteiger partial charge is 0.231 e. The molecular weight excluding hydrogens is 362 g/mol. The van der Waals surface area contributed by atoms with E-state index in [1.807, 2.05) is 24.3 Å². The highest BCUT2D eigenvalue weighted by Gasteiger charge is 2.18. The molecule has 1 aliphatic rings. The minimum atomic E-state index is -0.0859. The zero-order valence-corrected chi connectivity index (χ0v) is 15.2. The standard InChI is InChI=1S/C19H17N5O4/c1-12(25)15-9-17-18(28-11-27-17)10-16(15)20-8-7-19-21-22-23-24(19)13-3-5-14(26-2)6-4-13/h3-10,20H,11H2,1-2H3/b8-7+.